The molecule has 3 nitrogen and oxygen atoms in total. The molecule has 0 unspecified atom stereocenters. The van der Waals surface area contributed by atoms with Crippen LogP contribution in [0, 0.1) is 0 Å². The zero-order valence-electron chi connectivity index (χ0n) is 6.07. The van der Waals surface area contributed by atoms with Gasteiger partial charge in [0.1, 0.15) is 0 Å². The maximum Gasteiger partial charge on any atom is 0.328 e. The highest BCUT2D eigenvalue weighted by molar-refractivity contribution is 9.10. The van der Waals surface area contributed by atoms with Crippen LogP contribution < -0.4 is 0 Å². The van der Waals surface area contributed by atoms with Gasteiger partial charge in [-0.2, -0.15) is 0 Å². The van der Waals surface area contributed by atoms with Crippen molar-refractivity contribution in [1.29, 1.82) is 0 Å². The summed E-state index contributed by atoms with van der Waals surface area (Å²) in [6, 6.07) is 1.75. The van der Waals surface area contributed by atoms with Crippen molar-refractivity contribution in [3.8, 4) is 0 Å². The first kappa shape index (κ1) is 8.93. The molecular formula is C8H6BrNO2. The average Bonchev–Trinajstić information content (AvgIpc) is 2.03. The number of carboxylic acid groups (broad SMARTS) is 1. The number of rotatable bonds is 2. The van der Waals surface area contributed by atoms with E-state index in [1.165, 1.54) is 6.08 Å². The quantitative estimate of drug-likeness (QED) is 0.787. The van der Waals surface area contributed by atoms with Gasteiger partial charge in [-0.15, -0.1) is 0 Å². The van der Waals surface area contributed by atoms with Gasteiger partial charge < -0.3 is 5.11 Å². The Morgan fingerprint density at radius 2 is 2.42 bits per heavy atom. The molecule has 1 aromatic heterocycles. The number of hydrogen-bond donors (Lipinski definition) is 1. The van der Waals surface area contributed by atoms with Crippen LogP contribution in [-0.4, -0.2) is 16.1 Å². The molecule has 4 heteroatoms. The second-order valence-electron chi connectivity index (χ2n) is 2.07. The molecule has 0 aliphatic heterocycles. The molecule has 0 aromatic carbocycles. The van der Waals surface area contributed by atoms with Gasteiger partial charge in [0.05, 0.1) is 0 Å². The maximum atomic E-state index is 10.2. The number of hydrogen-bond acceptors (Lipinski definition) is 2. The van der Waals surface area contributed by atoms with Crippen LogP contribution in [-0.2, 0) is 4.79 Å². The number of halogens is 1. The van der Waals surface area contributed by atoms with Crippen LogP contribution in [0.4, 0.5) is 0 Å². The minimum Gasteiger partial charge on any atom is -0.478 e. The van der Waals surface area contributed by atoms with Crippen molar-refractivity contribution in [3.63, 3.8) is 0 Å². The van der Waals surface area contributed by atoms with Gasteiger partial charge in [-0.1, -0.05) is 15.9 Å². The largest absolute Gasteiger partial charge is 0.478 e. The summed E-state index contributed by atoms with van der Waals surface area (Å²) >= 11 is 3.26. The fourth-order valence-electron chi connectivity index (χ4n) is 0.673. The summed E-state index contributed by atoms with van der Waals surface area (Å²) < 4.78 is 0.829. The third-order valence-corrected chi connectivity index (χ3v) is 1.92. The Hall–Kier alpha value is -1.16. The van der Waals surface area contributed by atoms with Crippen LogP contribution in [0.1, 0.15) is 5.56 Å². The van der Waals surface area contributed by atoms with E-state index < -0.39 is 5.97 Å². The zero-order chi connectivity index (χ0) is 8.97. The molecule has 0 aliphatic carbocycles. The molecule has 0 saturated carbocycles. The van der Waals surface area contributed by atoms with E-state index in [9.17, 15) is 4.79 Å². The van der Waals surface area contributed by atoms with E-state index in [0.29, 0.717) is 0 Å². The zero-order valence-corrected chi connectivity index (χ0v) is 7.65. The Kier molecular flexibility index (Phi) is 2.99. The monoisotopic (exact) mass is 227 g/mol. The molecule has 1 N–H and O–H groups in total. The van der Waals surface area contributed by atoms with Gasteiger partial charge >= 0.3 is 5.97 Å². The van der Waals surface area contributed by atoms with Crippen molar-refractivity contribution in [1.82, 2.24) is 4.98 Å². The standard InChI is InChI=1S/C8H6BrNO2/c9-7-3-4-10-5-6(7)1-2-8(11)12/h1-5H,(H,11,12)/b2-1+. The van der Waals surface area contributed by atoms with Gasteiger partial charge in [-0.3, -0.25) is 4.98 Å². The molecule has 0 aliphatic rings. The summed E-state index contributed by atoms with van der Waals surface area (Å²) in [7, 11) is 0. The molecule has 62 valence electrons. The van der Waals surface area contributed by atoms with Crippen LogP contribution in [0.2, 0.25) is 0 Å². The van der Waals surface area contributed by atoms with Gasteiger partial charge in [-0.25, -0.2) is 4.79 Å². The first-order chi connectivity index (χ1) is 5.70. The number of aromatic nitrogens is 1. The van der Waals surface area contributed by atoms with Crippen molar-refractivity contribution in [2.75, 3.05) is 0 Å². The highest BCUT2D eigenvalue weighted by atomic mass is 79.9. The minimum atomic E-state index is -0.967. The number of aliphatic carboxylic acids is 1. The molecule has 0 radical (unpaired) electrons. The second kappa shape index (κ2) is 4.01. The molecule has 1 rings (SSSR count). The van der Waals surface area contributed by atoms with Gasteiger partial charge in [0.2, 0.25) is 0 Å². The molecule has 0 atom stereocenters. The van der Waals surface area contributed by atoms with Crippen molar-refractivity contribution in [2.24, 2.45) is 0 Å². The SMILES string of the molecule is O=C(O)/C=C/c1cnccc1Br. The molecule has 0 bridgehead atoms. The molecule has 1 aromatic rings. The molecule has 0 fully saturated rings. The summed E-state index contributed by atoms with van der Waals surface area (Å²) in [5, 5.41) is 8.34. The second-order valence-corrected chi connectivity index (χ2v) is 2.92. The van der Waals surface area contributed by atoms with E-state index in [1.807, 2.05) is 0 Å². The number of carboxylic acids is 1. The highest BCUT2D eigenvalue weighted by Gasteiger charge is 1.94. The van der Waals surface area contributed by atoms with Gasteiger partial charge in [0, 0.05) is 28.5 Å². The van der Waals surface area contributed by atoms with Crippen LogP contribution in [0.15, 0.2) is 29.0 Å². The summed E-state index contributed by atoms with van der Waals surface area (Å²) in [4.78, 5) is 14.0. The Balaban J connectivity index is 2.89. The predicted octanol–water partition coefficient (Wildman–Crippen LogP) is 1.94. The molecule has 0 amide bonds. The van der Waals surface area contributed by atoms with E-state index >= 15 is 0 Å². The van der Waals surface area contributed by atoms with Crippen LogP contribution in [0.3, 0.4) is 0 Å². The first-order valence-electron chi connectivity index (χ1n) is 3.20. The van der Waals surface area contributed by atoms with Crippen LogP contribution in [0.5, 0.6) is 0 Å². The number of pyridine rings is 1. The molecule has 0 spiro atoms. The lowest BCUT2D eigenvalue weighted by atomic mass is 10.2. The summed E-state index contributed by atoms with van der Waals surface area (Å²) in [5.74, 6) is -0.967. The average molecular weight is 228 g/mol. The van der Waals surface area contributed by atoms with E-state index in [-0.39, 0.29) is 0 Å². The van der Waals surface area contributed by atoms with E-state index in [1.54, 1.807) is 18.5 Å². The van der Waals surface area contributed by atoms with Crippen molar-refractivity contribution in [3.05, 3.63) is 34.6 Å². The Morgan fingerprint density at radius 3 is 3.00 bits per heavy atom. The lowest BCUT2D eigenvalue weighted by Gasteiger charge is -1.93. The van der Waals surface area contributed by atoms with Crippen LogP contribution >= 0.6 is 15.9 Å². The Morgan fingerprint density at radius 1 is 1.67 bits per heavy atom. The summed E-state index contributed by atoms with van der Waals surface area (Å²) in [6.45, 7) is 0. The summed E-state index contributed by atoms with van der Waals surface area (Å²) in [6.07, 6.45) is 5.77. The topological polar surface area (TPSA) is 50.2 Å². The van der Waals surface area contributed by atoms with E-state index in [4.69, 9.17) is 5.11 Å². The number of nitrogens with zero attached hydrogens (tertiary/aromatic N) is 1. The van der Waals surface area contributed by atoms with Gasteiger partial charge in [-0.05, 0) is 12.1 Å². The predicted molar refractivity (Wildman–Crippen MR) is 48.6 cm³/mol. The Labute approximate surface area is 77.9 Å². The Bertz CT molecular complexity index is 323. The highest BCUT2D eigenvalue weighted by Crippen LogP contribution is 2.15. The third kappa shape index (κ3) is 2.47. The lowest BCUT2D eigenvalue weighted by Crippen LogP contribution is -1.86. The molecule has 12 heavy (non-hydrogen) atoms. The third-order valence-electron chi connectivity index (χ3n) is 1.20. The fraction of sp³-hybridized carbons (Fsp3) is 0. The lowest BCUT2D eigenvalue weighted by molar-refractivity contribution is -0.131. The molecule has 0 saturated heterocycles. The molecular weight excluding hydrogens is 222 g/mol. The first-order valence-corrected chi connectivity index (χ1v) is 4.00. The van der Waals surface area contributed by atoms with Crippen molar-refractivity contribution < 1.29 is 9.90 Å². The molecule has 1 heterocycles. The minimum absolute atomic E-state index is 0.750. The summed E-state index contributed by atoms with van der Waals surface area (Å²) in [5.41, 5.74) is 0.750. The van der Waals surface area contributed by atoms with Gasteiger partial charge in [0.25, 0.3) is 0 Å². The van der Waals surface area contributed by atoms with Crippen molar-refractivity contribution in [2.45, 2.75) is 0 Å². The fourth-order valence-corrected chi connectivity index (χ4v) is 1.03. The maximum absolute atomic E-state index is 10.2. The van der Waals surface area contributed by atoms with E-state index in [2.05, 4.69) is 20.9 Å². The van der Waals surface area contributed by atoms with E-state index in [0.717, 1.165) is 16.1 Å². The normalized spacial score (nSPS) is 10.4. The van der Waals surface area contributed by atoms with Crippen molar-refractivity contribution >= 4 is 28.0 Å². The van der Waals surface area contributed by atoms with Gasteiger partial charge in [0.15, 0.2) is 0 Å². The smallest absolute Gasteiger partial charge is 0.328 e. The van der Waals surface area contributed by atoms with Crippen LogP contribution in [0.25, 0.3) is 6.08 Å². The number of carbonyl (C=O) groups is 1.